The van der Waals surface area contributed by atoms with Crippen molar-refractivity contribution in [3.63, 3.8) is 0 Å². The van der Waals surface area contributed by atoms with Crippen molar-refractivity contribution in [1.82, 2.24) is 5.32 Å². The molecule has 0 spiro atoms. The van der Waals surface area contributed by atoms with Crippen LogP contribution in [-0.4, -0.2) is 39.7 Å². The van der Waals surface area contributed by atoms with E-state index in [1.54, 1.807) is 18.2 Å². The van der Waals surface area contributed by atoms with E-state index in [1.165, 1.54) is 0 Å². The van der Waals surface area contributed by atoms with Crippen molar-refractivity contribution in [1.29, 1.82) is 0 Å². The molecule has 0 atom stereocenters. The second-order valence-electron chi connectivity index (χ2n) is 5.99. The van der Waals surface area contributed by atoms with Gasteiger partial charge in [0.1, 0.15) is 18.0 Å². The zero-order valence-electron chi connectivity index (χ0n) is 13.5. The predicted molar refractivity (Wildman–Crippen MR) is 91.4 cm³/mol. The minimum absolute atomic E-state index is 0.0743. The highest BCUT2D eigenvalue weighted by Gasteiger charge is 2.45. The maximum absolute atomic E-state index is 11.6. The lowest BCUT2D eigenvalue weighted by atomic mass is 10.1. The van der Waals surface area contributed by atoms with Crippen molar-refractivity contribution >= 4 is 21.7 Å². The number of anilines is 1. The first-order valence-electron chi connectivity index (χ1n) is 7.94. The van der Waals surface area contributed by atoms with Gasteiger partial charge in [-0.25, -0.2) is 0 Å². The van der Waals surface area contributed by atoms with Gasteiger partial charge < -0.3 is 15.2 Å². The molecule has 0 saturated heterocycles. The SMILES string of the molecule is CCCNCOC1(COc2cccc3c2C(N)=NS(=O)(=O)N3)CC1. The molecule has 1 saturated carbocycles. The molecule has 1 heterocycles. The highest BCUT2D eigenvalue weighted by molar-refractivity contribution is 7.91. The molecule has 24 heavy (non-hydrogen) atoms. The van der Waals surface area contributed by atoms with E-state index >= 15 is 0 Å². The van der Waals surface area contributed by atoms with Crippen LogP contribution in [0.2, 0.25) is 0 Å². The maximum Gasteiger partial charge on any atom is 0.344 e. The molecular weight excluding hydrogens is 332 g/mol. The highest BCUT2D eigenvalue weighted by atomic mass is 32.2. The number of rotatable bonds is 8. The largest absolute Gasteiger partial charge is 0.490 e. The third-order valence-electron chi connectivity index (χ3n) is 3.95. The molecule has 9 heteroatoms. The smallest absolute Gasteiger partial charge is 0.344 e. The number of hydrogen-bond donors (Lipinski definition) is 3. The molecule has 1 aromatic carbocycles. The summed E-state index contributed by atoms with van der Waals surface area (Å²) >= 11 is 0. The van der Waals surface area contributed by atoms with E-state index < -0.39 is 10.2 Å². The molecule has 0 radical (unpaired) electrons. The fraction of sp³-hybridized carbons (Fsp3) is 0.533. The normalized spacial score (nSPS) is 19.8. The van der Waals surface area contributed by atoms with Crippen LogP contribution in [0, 0.1) is 0 Å². The molecule has 1 fully saturated rings. The zero-order chi connectivity index (χ0) is 17.2. The van der Waals surface area contributed by atoms with Gasteiger partial charge in [0.2, 0.25) is 0 Å². The van der Waals surface area contributed by atoms with E-state index in [1.807, 2.05) is 0 Å². The van der Waals surface area contributed by atoms with E-state index in [9.17, 15) is 8.42 Å². The molecule has 4 N–H and O–H groups in total. The van der Waals surface area contributed by atoms with E-state index in [0.717, 1.165) is 25.8 Å². The number of nitrogens with zero attached hydrogens (tertiary/aromatic N) is 1. The number of nitrogens with two attached hydrogens (primary N) is 1. The Morgan fingerprint density at radius 3 is 2.92 bits per heavy atom. The van der Waals surface area contributed by atoms with Crippen LogP contribution >= 0.6 is 0 Å². The van der Waals surface area contributed by atoms with Crippen molar-refractivity contribution < 1.29 is 17.9 Å². The Kier molecular flexibility index (Phi) is 4.66. The van der Waals surface area contributed by atoms with Crippen LogP contribution in [0.4, 0.5) is 5.69 Å². The summed E-state index contributed by atoms with van der Waals surface area (Å²) < 4.78 is 40.7. The van der Waals surface area contributed by atoms with Gasteiger partial charge in [-0.2, -0.15) is 8.42 Å². The van der Waals surface area contributed by atoms with E-state index in [4.69, 9.17) is 15.2 Å². The number of benzene rings is 1. The van der Waals surface area contributed by atoms with Gasteiger partial charge in [-0.05, 0) is 37.9 Å². The molecule has 8 nitrogen and oxygen atoms in total. The minimum Gasteiger partial charge on any atom is -0.490 e. The third kappa shape index (κ3) is 3.80. The molecular formula is C15H22N4O4S. The molecule has 0 bridgehead atoms. The first kappa shape index (κ1) is 17.0. The van der Waals surface area contributed by atoms with Crippen LogP contribution in [0.3, 0.4) is 0 Å². The maximum atomic E-state index is 11.6. The number of nitrogens with one attached hydrogen (secondary N) is 2. The minimum atomic E-state index is -3.79. The Labute approximate surface area is 141 Å². The molecule has 0 aromatic heterocycles. The van der Waals surface area contributed by atoms with Gasteiger partial charge in [-0.3, -0.25) is 10.0 Å². The van der Waals surface area contributed by atoms with Gasteiger partial charge in [-0.15, -0.1) is 4.40 Å². The lowest BCUT2D eigenvalue weighted by Crippen LogP contribution is -2.31. The molecule has 1 aliphatic heterocycles. The Balaban J connectivity index is 1.67. The molecule has 2 aliphatic rings. The molecule has 0 unspecified atom stereocenters. The second kappa shape index (κ2) is 6.58. The van der Waals surface area contributed by atoms with Crippen LogP contribution in [0.5, 0.6) is 5.75 Å². The number of fused-ring (bicyclic) bond motifs is 1. The van der Waals surface area contributed by atoms with Crippen molar-refractivity contribution in [2.24, 2.45) is 10.1 Å². The highest BCUT2D eigenvalue weighted by Crippen LogP contribution is 2.40. The summed E-state index contributed by atoms with van der Waals surface area (Å²) in [7, 11) is -3.79. The van der Waals surface area contributed by atoms with Crippen LogP contribution in [0.25, 0.3) is 0 Å². The molecule has 1 aromatic rings. The Morgan fingerprint density at radius 2 is 2.21 bits per heavy atom. The van der Waals surface area contributed by atoms with Crippen molar-refractivity contribution in [3.8, 4) is 5.75 Å². The Bertz CT molecular complexity index is 744. The van der Waals surface area contributed by atoms with E-state index in [2.05, 4.69) is 21.4 Å². The monoisotopic (exact) mass is 354 g/mol. The summed E-state index contributed by atoms with van der Waals surface area (Å²) in [6, 6.07) is 5.07. The average molecular weight is 354 g/mol. The van der Waals surface area contributed by atoms with E-state index in [-0.39, 0.29) is 11.4 Å². The van der Waals surface area contributed by atoms with Crippen LogP contribution in [0.15, 0.2) is 22.6 Å². The fourth-order valence-corrected chi connectivity index (χ4v) is 3.31. The fourth-order valence-electron chi connectivity index (χ4n) is 2.47. The van der Waals surface area contributed by atoms with Crippen molar-refractivity contribution in [2.75, 3.05) is 24.6 Å². The average Bonchev–Trinajstić information content (AvgIpc) is 3.28. The summed E-state index contributed by atoms with van der Waals surface area (Å²) in [6.45, 7) is 3.89. The second-order valence-corrected chi connectivity index (χ2v) is 7.33. The van der Waals surface area contributed by atoms with E-state index in [0.29, 0.717) is 30.3 Å². The standard InChI is InChI=1S/C15H22N4O4S/c1-2-8-17-10-23-15(6-7-15)9-22-12-5-3-4-11-13(12)14(16)19-24(20,21)18-11/h3-5,17-18H,2,6-10H2,1H3,(H2,16,19). The van der Waals surface area contributed by atoms with Crippen molar-refractivity contribution in [2.45, 2.75) is 31.8 Å². The summed E-state index contributed by atoms with van der Waals surface area (Å²) in [5, 5.41) is 3.20. The van der Waals surface area contributed by atoms with Gasteiger partial charge in [-0.1, -0.05) is 13.0 Å². The Morgan fingerprint density at radius 1 is 1.42 bits per heavy atom. The molecule has 0 amide bonds. The lowest BCUT2D eigenvalue weighted by molar-refractivity contribution is -0.00900. The van der Waals surface area contributed by atoms with Gasteiger partial charge >= 0.3 is 10.2 Å². The topological polar surface area (TPSA) is 115 Å². The summed E-state index contributed by atoms with van der Waals surface area (Å²) in [6.07, 6.45) is 2.93. The predicted octanol–water partition coefficient (Wildman–Crippen LogP) is 0.947. The summed E-state index contributed by atoms with van der Waals surface area (Å²) in [5.41, 5.74) is 6.36. The lowest BCUT2D eigenvalue weighted by Gasteiger charge is -2.22. The molecule has 1 aliphatic carbocycles. The van der Waals surface area contributed by atoms with Crippen LogP contribution < -0.4 is 20.5 Å². The molecule has 3 rings (SSSR count). The van der Waals surface area contributed by atoms with Crippen LogP contribution in [0.1, 0.15) is 31.7 Å². The Hall–Kier alpha value is -1.84. The van der Waals surface area contributed by atoms with Gasteiger partial charge in [0.05, 0.1) is 18.0 Å². The van der Waals surface area contributed by atoms with Gasteiger partial charge in [0, 0.05) is 0 Å². The zero-order valence-corrected chi connectivity index (χ0v) is 14.4. The third-order valence-corrected chi connectivity index (χ3v) is 4.86. The number of hydrogen-bond acceptors (Lipinski definition) is 6. The number of ether oxygens (including phenoxy) is 2. The quantitative estimate of drug-likeness (QED) is 0.473. The van der Waals surface area contributed by atoms with Crippen molar-refractivity contribution in [3.05, 3.63) is 23.8 Å². The first-order chi connectivity index (χ1) is 11.4. The van der Waals surface area contributed by atoms with Gasteiger partial charge in [0.25, 0.3) is 0 Å². The van der Waals surface area contributed by atoms with Gasteiger partial charge in [0.15, 0.2) is 5.84 Å². The summed E-state index contributed by atoms with van der Waals surface area (Å²) in [4.78, 5) is 0. The van der Waals surface area contributed by atoms with Crippen LogP contribution in [-0.2, 0) is 14.9 Å². The first-order valence-corrected chi connectivity index (χ1v) is 9.38. The summed E-state index contributed by atoms with van der Waals surface area (Å²) in [5.74, 6) is 0.419. The number of amidine groups is 1. The molecule has 132 valence electrons.